The molecule has 1 fully saturated rings. The summed E-state index contributed by atoms with van der Waals surface area (Å²) in [4.78, 5) is 0. The fraction of sp³-hybridized carbons (Fsp3) is 0.875. The van der Waals surface area contributed by atoms with E-state index in [1.807, 2.05) is 0 Å². The molecule has 100 valence electrons. The number of hydrogen-bond donors (Lipinski definition) is 1. The first-order chi connectivity index (χ1) is 8.10. The normalized spacial score (nSPS) is 28.5. The SMILES string of the molecule is C=C(NC(C)CC)C(C)C1CCCCC1CC. The lowest BCUT2D eigenvalue weighted by Crippen LogP contribution is -2.33. The van der Waals surface area contributed by atoms with Crippen LogP contribution < -0.4 is 5.32 Å². The van der Waals surface area contributed by atoms with Crippen LogP contribution in [-0.2, 0) is 0 Å². The third-order valence-corrected chi connectivity index (χ3v) is 4.73. The van der Waals surface area contributed by atoms with Crippen LogP contribution in [0.2, 0.25) is 0 Å². The Bertz CT molecular complexity index is 234. The monoisotopic (exact) mass is 237 g/mol. The zero-order chi connectivity index (χ0) is 12.8. The van der Waals surface area contributed by atoms with Crippen molar-refractivity contribution in [3.05, 3.63) is 12.3 Å². The van der Waals surface area contributed by atoms with Crippen molar-refractivity contribution < 1.29 is 0 Å². The van der Waals surface area contributed by atoms with Gasteiger partial charge in [-0.1, -0.05) is 53.0 Å². The average molecular weight is 237 g/mol. The van der Waals surface area contributed by atoms with Gasteiger partial charge in [-0.25, -0.2) is 0 Å². The summed E-state index contributed by atoms with van der Waals surface area (Å²) in [5.41, 5.74) is 1.27. The van der Waals surface area contributed by atoms with Crippen molar-refractivity contribution in [2.24, 2.45) is 17.8 Å². The van der Waals surface area contributed by atoms with Gasteiger partial charge in [-0.3, -0.25) is 0 Å². The molecule has 4 atom stereocenters. The van der Waals surface area contributed by atoms with Crippen LogP contribution in [0.1, 0.15) is 66.2 Å². The Morgan fingerprint density at radius 1 is 1.24 bits per heavy atom. The highest BCUT2D eigenvalue weighted by Gasteiger charge is 2.29. The molecule has 1 heteroatoms. The molecule has 0 aromatic rings. The molecule has 1 aliphatic rings. The van der Waals surface area contributed by atoms with Crippen LogP contribution in [0.25, 0.3) is 0 Å². The van der Waals surface area contributed by atoms with E-state index in [1.165, 1.54) is 44.2 Å². The maximum absolute atomic E-state index is 4.28. The average Bonchev–Trinajstić information content (AvgIpc) is 2.37. The van der Waals surface area contributed by atoms with Crippen LogP contribution in [0.15, 0.2) is 12.3 Å². The standard InChI is InChI=1S/C16H31N/c1-6-12(3)17-14(5)13(4)16-11-9-8-10-15(16)7-2/h12-13,15-17H,5-11H2,1-4H3. The van der Waals surface area contributed by atoms with Gasteiger partial charge in [0.05, 0.1) is 0 Å². The topological polar surface area (TPSA) is 12.0 Å². The zero-order valence-electron chi connectivity index (χ0n) is 12.3. The zero-order valence-corrected chi connectivity index (χ0v) is 12.3. The second-order valence-electron chi connectivity index (χ2n) is 5.88. The molecule has 1 N–H and O–H groups in total. The molecule has 1 nitrogen and oxygen atoms in total. The molecule has 17 heavy (non-hydrogen) atoms. The summed E-state index contributed by atoms with van der Waals surface area (Å²) in [7, 11) is 0. The van der Waals surface area contributed by atoms with Gasteiger partial charge in [0, 0.05) is 11.7 Å². The highest BCUT2D eigenvalue weighted by Crippen LogP contribution is 2.38. The van der Waals surface area contributed by atoms with Crippen molar-refractivity contribution in [1.82, 2.24) is 5.32 Å². The largest absolute Gasteiger partial charge is 0.386 e. The highest BCUT2D eigenvalue weighted by atomic mass is 14.9. The van der Waals surface area contributed by atoms with Gasteiger partial charge in [0.25, 0.3) is 0 Å². The summed E-state index contributed by atoms with van der Waals surface area (Å²) >= 11 is 0. The molecule has 1 aliphatic carbocycles. The van der Waals surface area contributed by atoms with Crippen molar-refractivity contribution in [1.29, 1.82) is 0 Å². The second kappa shape index (κ2) is 7.08. The van der Waals surface area contributed by atoms with Crippen LogP contribution in [0.3, 0.4) is 0 Å². The summed E-state index contributed by atoms with van der Waals surface area (Å²) in [5.74, 6) is 2.42. The van der Waals surface area contributed by atoms with Crippen LogP contribution >= 0.6 is 0 Å². The van der Waals surface area contributed by atoms with E-state index >= 15 is 0 Å². The molecule has 0 radical (unpaired) electrons. The summed E-state index contributed by atoms with van der Waals surface area (Å²) in [6.07, 6.45) is 8.21. The van der Waals surface area contributed by atoms with E-state index in [0.29, 0.717) is 12.0 Å². The Balaban J connectivity index is 2.54. The van der Waals surface area contributed by atoms with Gasteiger partial charge in [-0.05, 0) is 37.5 Å². The van der Waals surface area contributed by atoms with Crippen molar-refractivity contribution in [3.63, 3.8) is 0 Å². The van der Waals surface area contributed by atoms with Gasteiger partial charge >= 0.3 is 0 Å². The summed E-state index contributed by atoms with van der Waals surface area (Å²) in [6.45, 7) is 13.5. The van der Waals surface area contributed by atoms with Crippen molar-refractivity contribution in [2.75, 3.05) is 0 Å². The summed E-state index contributed by atoms with van der Waals surface area (Å²) in [6, 6.07) is 0.564. The maximum Gasteiger partial charge on any atom is 0.0227 e. The van der Waals surface area contributed by atoms with Crippen LogP contribution in [0.5, 0.6) is 0 Å². The lowest BCUT2D eigenvalue weighted by molar-refractivity contribution is 0.178. The van der Waals surface area contributed by atoms with Crippen molar-refractivity contribution >= 4 is 0 Å². The molecule has 0 aliphatic heterocycles. The van der Waals surface area contributed by atoms with Gasteiger partial charge in [-0.2, -0.15) is 0 Å². The minimum absolute atomic E-state index is 0.564. The predicted molar refractivity (Wildman–Crippen MR) is 76.9 cm³/mol. The molecule has 0 heterocycles. The fourth-order valence-corrected chi connectivity index (χ4v) is 3.21. The summed E-state index contributed by atoms with van der Waals surface area (Å²) in [5, 5.41) is 3.58. The van der Waals surface area contributed by atoms with E-state index < -0.39 is 0 Å². The first kappa shape index (κ1) is 14.6. The third-order valence-electron chi connectivity index (χ3n) is 4.73. The van der Waals surface area contributed by atoms with Crippen molar-refractivity contribution in [2.45, 2.75) is 72.3 Å². The third kappa shape index (κ3) is 4.04. The minimum Gasteiger partial charge on any atom is -0.386 e. The summed E-state index contributed by atoms with van der Waals surface area (Å²) < 4.78 is 0. The molecule has 0 aromatic heterocycles. The quantitative estimate of drug-likeness (QED) is 0.703. The molecule has 1 saturated carbocycles. The smallest absolute Gasteiger partial charge is 0.0227 e. The van der Waals surface area contributed by atoms with E-state index in [4.69, 9.17) is 0 Å². The van der Waals surface area contributed by atoms with Gasteiger partial charge < -0.3 is 5.32 Å². The molecule has 0 bridgehead atoms. The second-order valence-corrected chi connectivity index (χ2v) is 5.88. The van der Waals surface area contributed by atoms with Gasteiger partial charge in [0.1, 0.15) is 0 Å². The number of hydrogen-bond acceptors (Lipinski definition) is 1. The molecule has 0 aromatic carbocycles. The Hall–Kier alpha value is -0.460. The molecular weight excluding hydrogens is 206 g/mol. The Kier molecular flexibility index (Phi) is 6.08. The molecule has 4 unspecified atom stereocenters. The van der Waals surface area contributed by atoms with Crippen LogP contribution in [0.4, 0.5) is 0 Å². The first-order valence-corrected chi connectivity index (χ1v) is 7.55. The van der Waals surface area contributed by atoms with E-state index in [0.717, 1.165) is 11.8 Å². The molecule has 0 spiro atoms. The van der Waals surface area contributed by atoms with Gasteiger partial charge in [-0.15, -0.1) is 0 Å². The Morgan fingerprint density at radius 3 is 2.47 bits per heavy atom. The molecule has 1 rings (SSSR count). The lowest BCUT2D eigenvalue weighted by atomic mass is 9.71. The van der Waals surface area contributed by atoms with Crippen LogP contribution in [-0.4, -0.2) is 6.04 Å². The maximum atomic E-state index is 4.28. The number of nitrogens with one attached hydrogen (secondary N) is 1. The molecule has 0 saturated heterocycles. The first-order valence-electron chi connectivity index (χ1n) is 7.55. The van der Waals surface area contributed by atoms with E-state index in [1.54, 1.807) is 0 Å². The molecule has 0 amide bonds. The Morgan fingerprint density at radius 2 is 1.88 bits per heavy atom. The lowest BCUT2D eigenvalue weighted by Gasteiger charge is -2.37. The van der Waals surface area contributed by atoms with Crippen molar-refractivity contribution in [3.8, 4) is 0 Å². The number of allylic oxidation sites excluding steroid dienone is 1. The fourth-order valence-electron chi connectivity index (χ4n) is 3.21. The highest BCUT2D eigenvalue weighted by molar-refractivity contribution is 5.01. The predicted octanol–water partition coefficient (Wildman–Crippen LogP) is 4.74. The molecular formula is C16H31N. The Labute approximate surface area is 108 Å². The number of rotatable bonds is 6. The van der Waals surface area contributed by atoms with E-state index in [-0.39, 0.29) is 0 Å². The minimum atomic E-state index is 0.564. The van der Waals surface area contributed by atoms with Crippen LogP contribution in [0, 0.1) is 17.8 Å². The van der Waals surface area contributed by atoms with Gasteiger partial charge in [0.15, 0.2) is 0 Å². The van der Waals surface area contributed by atoms with E-state index in [2.05, 4.69) is 39.6 Å². The van der Waals surface area contributed by atoms with Gasteiger partial charge in [0.2, 0.25) is 0 Å². The van der Waals surface area contributed by atoms with E-state index in [9.17, 15) is 0 Å².